The van der Waals surface area contributed by atoms with Crippen LogP contribution in [0.3, 0.4) is 0 Å². The summed E-state index contributed by atoms with van der Waals surface area (Å²) in [5.74, 6) is 0. The van der Waals surface area contributed by atoms with Crippen molar-refractivity contribution >= 4 is 23.7 Å². The van der Waals surface area contributed by atoms with Gasteiger partial charge < -0.3 is 9.64 Å². The zero-order valence-corrected chi connectivity index (χ0v) is 10.8. The first kappa shape index (κ1) is 14.4. The summed E-state index contributed by atoms with van der Waals surface area (Å²) in [4.78, 5) is 22.9. The van der Waals surface area contributed by atoms with Crippen LogP contribution in [-0.4, -0.2) is 38.4 Å². The second kappa shape index (κ2) is 6.34. The van der Waals surface area contributed by atoms with Gasteiger partial charge in [-0.05, 0) is 6.07 Å². The zero-order chi connectivity index (χ0) is 14.4. The van der Waals surface area contributed by atoms with E-state index in [-0.39, 0.29) is 5.69 Å². The molecule has 0 saturated heterocycles. The number of nitrogens with one attached hydrogen (secondary N) is 1. The number of rotatable bonds is 4. The lowest BCUT2D eigenvalue weighted by Crippen LogP contribution is -2.16. The summed E-state index contributed by atoms with van der Waals surface area (Å²) in [7, 11) is 4.64. The SMILES string of the molecule is COC(=O)N/N=C/c1ccc(N(C)C)c([N+](=O)[O-])c1. The van der Waals surface area contributed by atoms with Crippen LogP contribution in [0.4, 0.5) is 16.2 Å². The van der Waals surface area contributed by atoms with Crippen molar-refractivity contribution in [3.05, 3.63) is 33.9 Å². The van der Waals surface area contributed by atoms with E-state index in [9.17, 15) is 14.9 Å². The Morgan fingerprint density at radius 1 is 1.53 bits per heavy atom. The van der Waals surface area contributed by atoms with E-state index in [1.807, 2.05) is 0 Å². The third-order valence-corrected chi connectivity index (χ3v) is 2.23. The summed E-state index contributed by atoms with van der Waals surface area (Å²) in [6.45, 7) is 0. The number of carbonyl (C=O) groups is 1. The van der Waals surface area contributed by atoms with Gasteiger partial charge in [0.05, 0.1) is 18.2 Å². The van der Waals surface area contributed by atoms with Crippen molar-refractivity contribution in [1.82, 2.24) is 5.43 Å². The van der Waals surface area contributed by atoms with Crippen molar-refractivity contribution in [2.24, 2.45) is 5.10 Å². The highest BCUT2D eigenvalue weighted by molar-refractivity contribution is 5.84. The zero-order valence-electron chi connectivity index (χ0n) is 10.8. The lowest BCUT2D eigenvalue weighted by molar-refractivity contribution is -0.384. The minimum Gasteiger partial charge on any atom is -0.452 e. The highest BCUT2D eigenvalue weighted by atomic mass is 16.6. The first-order chi connectivity index (χ1) is 8.95. The fourth-order valence-corrected chi connectivity index (χ4v) is 1.35. The summed E-state index contributed by atoms with van der Waals surface area (Å²) in [6, 6.07) is 4.64. The van der Waals surface area contributed by atoms with Crippen molar-refractivity contribution in [3.8, 4) is 0 Å². The third-order valence-electron chi connectivity index (χ3n) is 2.23. The van der Waals surface area contributed by atoms with Crippen molar-refractivity contribution < 1.29 is 14.5 Å². The smallest absolute Gasteiger partial charge is 0.427 e. The fourth-order valence-electron chi connectivity index (χ4n) is 1.35. The highest BCUT2D eigenvalue weighted by Gasteiger charge is 2.15. The van der Waals surface area contributed by atoms with Gasteiger partial charge in [0.1, 0.15) is 5.69 Å². The van der Waals surface area contributed by atoms with Crippen LogP contribution in [0.1, 0.15) is 5.56 Å². The largest absolute Gasteiger partial charge is 0.452 e. The molecule has 0 atom stereocenters. The van der Waals surface area contributed by atoms with Crippen LogP contribution in [0.15, 0.2) is 23.3 Å². The molecule has 1 rings (SSSR count). The van der Waals surface area contributed by atoms with E-state index in [0.717, 1.165) is 0 Å². The highest BCUT2D eigenvalue weighted by Crippen LogP contribution is 2.26. The number of hydrazone groups is 1. The summed E-state index contributed by atoms with van der Waals surface area (Å²) in [5.41, 5.74) is 3.04. The van der Waals surface area contributed by atoms with Crippen molar-refractivity contribution in [1.29, 1.82) is 0 Å². The standard InChI is InChI=1S/C11H14N4O4/c1-14(2)9-5-4-8(6-10(9)15(17)18)7-12-13-11(16)19-3/h4-7H,1-3H3,(H,13,16)/b12-7+. The molecule has 0 fully saturated rings. The third kappa shape index (κ3) is 3.95. The Balaban J connectivity index is 2.96. The maximum atomic E-state index is 11.0. The number of nitrogens with zero attached hydrogens (tertiary/aromatic N) is 3. The maximum absolute atomic E-state index is 11.0. The summed E-state index contributed by atoms with van der Waals surface area (Å²) in [5, 5.41) is 14.6. The number of hydrogen-bond acceptors (Lipinski definition) is 6. The van der Waals surface area contributed by atoms with Gasteiger partial charge in [0.15, 0.2) is 0 Å². The maximum Gasteiger partial charge on any atom is 0.427 e. The number of amides is 1. The van der Waals surface area contributed by atoms with Crippen molar-refractivity contribution in [2.45, 2.75) is 0 Å². The molecule has 0 saturated carbocycles. The van der Waals surface area contributed by atoms with Gasteiger partial charge in [-0.3, -0.25) is 10.1 Å². The normalized spacial score (nSPS) is 10.3. The summed E-state index contributed by atoms with van der Waals surface area (Å²) in [6.07, 6.45) is 0.583. The Labute approximate surface area is 109 Å². The lowest BCUT2D eigenvalue weighted by Gasteiger charge is -2.12. The number of benzene rings is 1. The van der Waals surface area contributed by atoms with E-state index in [1.54, 1.807) is 31.1 Å². The predicted octanol–water partition coefficient (Wildman–Crippen LogP) is 1.35. The monoisotopic (exact) mass is 266 g/mol. The summed E-state index contributed by atoms with van der Waals surface area (Å²) >= 11 is 0. The van der Waals surface area contributed by atoms with Gasteiger partial charge in [-0.2, -0.15) is 5.10 Å². The fraction of sp³-hybridized carbons (Fsp3) is 0.273. The van der Waals surface area contributed by atoms with Crippen LogP contribution < -0.4 is 10.3 Å². The van der Waals surface area contributed by atoms with Crippen LogP contribution >= 0.6 is 0 Å². The van der Waals surface area contributed by atoms with E-state index < -0.39 is 11.0 Å². The van der Waals surface area contributed by atoms with Crippen LogP contribution in [0.2, 0.25) is 0 Å². The van der Waals surface area contributed by atoms with Gasteiger partial charge >= 0.3 is 6.09 Å². The van der Waals surface area contributed by atoms with Gasteiger partial charge in [-0.25, -0.2) is 10.2 Å². The van der Waals surface area contributed by atoms with E-state index in [1.165, 1.54) is 19.4 Å². The molecular weight excluding hydrogens is 252 g/mol. The predicted molar refractivity (Wildman–Crippen MR) is 70.6 cm³/mol. The quantitative estimate of drug-likeness (QED) is 0.504. The van der Waals surface area contributed by atoms with E-state index in [4.69, 9.17) is 0 Å². The molecule has 0 aliphatic carbocycles. The Bertz CT molecular complexity index is 513. The number of anilines is 1. The Kier molecular flexibility index (Phi) is 4.81. The van der Waals surface area contributed by atoms with Gasteiger partial charge in [-0.1, -0.05) is 6.07 Å². The van der Waals surface area contributed by atoms with Crippen molar-refractivity contribution in [2.75, 3.05) is 26.1 Å². The Hall–Kier alpha value is -2.64. The molecule has 0 aliphatic rings. The minimum atomic E-state index is -0.712. The molecule has 1 N–H and O–H groups in total. The number of nitro benzene ring substituents is 1. The Morgan fingerprint density at radius 3 is 2.74 bits per heavy atom. The van der Waals surface area contributed by atoms with Crippen LogP contribution in [0, 0.1) is 10.1 Å². The van der Waals surface area contributed by atoms with Crippen LogP contribution in [0.5, 0.6) is 0 Å². The van der Waals surface area contributed by atoms with Gasteiger partial charge in [0.25, 0.3) is 5.69 Å². The van der Waals surface area contributed by atoms with E-state index >= 15 is 0 Å². The molecule has 0 aliphatic heterocycles. The van der Waals surface area contributed by atoms with Crippen LogP contribution in [0.25, 0.3) is 0 Å². The molecule has 0 aromatic heterocycles. The lowest BCUT2D eigenvalue weighted by atomic mass is 10.2. The molecule has 8 nitrogen and oxygen atoms in total. The molecule has 0 unspecified atom stereocenters. The average Bonchev–Trinajstić information content (AvgIpc) is 2.38. The molecule has 0 heterocycles. The number of methoxy groups -OCH3 is 1. The molecule has 0 radical (unpaired) electrons. The van der Waals surface area contributed by atoms with E-state index in [0.29, 0.717) is 11.3 Å². The molecular formula is C11H14N4O4. The number of carbonyl (C=O) groups excluding carboxylic acids is 1. The summed E-state index contributed by atoms with van der Waals surface area (Å²) < 4.78 is 4.32. The topological polar surface area (TPSA) is 97.1 Å². The Morgan fingerprint density at radius 2 is 2.21 bits per heavy atom. The van der Waals surface area contributed by atoms with Crippen molar-refractivity contribution in [3.63, 3.8) is 0 Å². The second-order valence-electron chi connectivity index (χ2n) is 3.76. The van der Waals surface area contributed by atoms with Gasteiger partial charge in [0.2, 0.25) is 0 Å². The minimum absolute atomic E-state index is 0.0352. The van der Waals surface area contributed by atoms with E-state index in [2.05, 4.69) is 15.3 Å². The molecule has 102 valence electrons. The molecule has 1 amide bonds. The molecule has 1 aromatic carbocycles. The molecule has 8 heteroatoms. The molecule has 1 aromatic rings. The molecule has 19 heavy (non-hydrogen) atoms. The van der Waals surface area contributed by atoms with Gasteiger partial charge in [0, 0.05) is 25.7 Å². The number of nitro groups is 1. The number of ether oxygens (including phenoxy) is 1. The van der Waals surface area contributed by atoms with Crippen LogP contribution in [-0.2, 0) is 4.74 Å². The van der Waals surface area contributed by atoms with Gasteiger partial charge in [-0.15, -0.1) is 0 Å². The molecule has 0 spiro atoms. The second-order valence-corrected chi connectivity index (χ2v) is 3.76. The average molecular weight is 266 g/mol. The number of hydrogen-bond donors (Lipinski definition) is 1. The first-order valence-electron chi connectivity index (χ1n) is 5.28. The molecule has 0 bridgehead atoms. The first-order valence-corrected chi connectivity index (χ1v) is 5.28.